The molecule has 1 aliphatic rings. The van der Waals surface area contributed by atoms with Crippen LogP contribution in [-0.2, 0) is 14.3 Å². The fraction of sp³-hybridized carbons (Fsp3) is 0.312. The maximum atomic E-state index is 13.5. The predicted octanol–water partition coefficient (Wildman–Crippen LogP) is 2.12. The minimum atomic E-state index is -1.16. The Labute approximate surface area is 135 Å². The number of esters is 1. The van der Waals surface area contributed by atoms with Crippen molar-refractivity contribution in [1.82, 2.24) is 4.57 Å². The molecule has 1 aromatic heterocycles. The van der Waals surface area contributed by atoms with Crippen LogP contribution in [0.3, 0.4) is 0 Å². The van der Waals surface area contributed by atoms with Crippen LogP contribution in [0.15, 0.2) is 23.1 Å². The third-order valence-electron chi connectivity index (χ3n) is 3.72. The van der Waals surface area contributed by atoms with Gasteiger partial charge in [0, 0.05) is 18.3 Å². The fourth-order valence-corrected chi connectivity index (χ4v) is 2.46. The van der Waals surface area contributed by atoms with Crippen molar-refractivity contribution in [3.8, 4) is 0 Å². The molecule has 0 unspecified atom stereocenters. The average molecular weight is 336 g/mol. The molecule has 1 fully saturated rings. The van der Waals surface area contributed by atoms with Crippen molar-refractivity contribution < 1.29 is 23.1 Å². The highest BCUT2D eigenvalue weighted by molar-refractivity contribution is 6.37. The zero-order valence-corrected chi connectivity index (χ0v) is 12.8. The van der Waals surface area contributed by atoms with Gasteiger partial charge in [-0.1, -0.05) is 0 Å². The second kappa shape index (κ2) is 6.03. The lowest BCUT2D eigenvalue weighted by Crippen LogP contribution is -2.28. The highest BCUT2D eigenvalue weighted by Gasteiger charge is 2.27. The van der Waals surface area contributed by atoms with E-state index in [1.807, 2.05) is 0 Å². The summed E-state index contributed by atoms with van der Waals surface area (Å²) in [5.41, 5.74) is -0.632. The zero-order valence-electron chi connectivity index (χ0n) is 12.8. The van der Waals surface area contributed by atoms with E-state index in [0.717, 1.165) is 25.0 Å². The van der Waals surface area contributed by atoms with Crippen molar-refractivity contribution in [1.29, 1.82) is 0 Å². The zero-order chi connectivity index (χ0) is 17.4. The van der Waals surface area contributed by atoms with Gasteiger partial charge in [0.25, 0.3) is 0 Å². The topological polar surface area (TPSA) is 77.4 Å². The molecule has 1 aliphatic carbocycles. The molecule has 2 aromatic rings. The molecule has 1 heterocycles. The Bertz CT molecular complexity index is 903. The lowest BCUT2D eigenvalue weighted by molar-refractivity contribution is -0.152. The number of rotatable bonds is 3. The van der Waals surface area contributed by atoms with E-state index in [1.165, 1.54) is 6.20 Å². The van der Waals surface area contributed by atoms with Crippen LogP contribution in [0.1, 0.15) is 25.8 Å². The minimum Gasteiger partial charge on any atom is -0.459 e. The summed E-state index contributed by atoms with van der Waals surface area (Å²) in [7, 11) is 0. The molecule has 126 valence electrons. The Morgan fingerprint density at radius 3 is 2.58 bits per heavy atom. The van der Waals surface area contributed by atoms with E-state index in [0.29, 0.717) is 0 Å². The van der Waals surface area contributed by atoms with E-state index < -0.39 is 28.9 Å². The normalized spacial score (nSPS) is 13.8. The molecule has 8 heteroatoms. The Balaban J connectivity index is 2.10. The van der Waals surface area contributed by atoms with Crippen molar-refractivity contribution in [2.45, 2.75) is 25.8 Å². The van der Waals surface area contributed by atoms with Gasteiger partial charge in [0.15, 0.2) is 11.6 Å². The molecular weight excluding hydrogens is 322 g/mol. The number of ether oxygens (including phenoxy) is 1. The number of nitrogens with zero attached hydrogens (tertiary/aromatic N) is 1. The molecule has 3 rings (SSSR count). The summed E-state index contributed by atoms with van der Waals surface area (Å²) in [6.45, 7) is 1.55. The van der Waals surface area contributed by atoms with E-state index >= 15 is 0 Å². The fourth-order valence-electron chi connectivity index (χ4n) is 2.46. The molecule has 24 heavy (non-hydrogen) atoms. The molecule has 0 radical (unpaired) electrons. The molecule has 0 atom stereocenters. The van der Waals surface area contributed by atoms with Crippen LogP contribution in [-0.4, -0.2) is 23.1 Å². The monoisotopic (exact) mass is 336 g/mol. The molecule has 0 saturated heterocycles. The quantitative estimate of drug-likeness (QED) is 0.688. The summed E-state index contributed by atoms with van der Waals surface area (Å²) < 4.78 is 33.2. The Morgan fingerprint density at radius 1 is 1.29 bits per heavy atom. The van der Waals surface area contributed by atoms with Crippen molar-refractivity contribution in [2.75, 3.05) is 11.9 Å². The number of aromatic nitrogens is 1. The van der Waals surface area contributed by atoms with Crippen LogP contribution in [0.4, 0.5) is 14.5 Å². The number of fused-ring (bicyclic) bond motifs is 1. The number of pyridine rings is 1. The van der Waals surface area contributed by atoms with Gasteiger partial charge in [-0.15, -0.1) is 0 Å². The van der Waals surface area contributed by atoms with Crippen LogP contribution in [0.2, 0.25) is 0 Å². The summed E-state index contributed by atoms with van der Waals surface area (Å²) in [5.74, 6) is -4.44. The van der Waals surface area contributed by atoms with Crippen molar-refractivity contribution >= 4 is 28.5 Å². The molecular formula is C16H14F2N2O4. The van der Waals surface area contributed by atoms with Crippen LogP contribution < -0.4 is 10.7 Å². The standard InChI is InChI=1S/C16H14F2N2O4/c1-2-24-16(23)15(22)19-12-7-20(8-3-4-8)13-6-11(18)10(17)5-9(13)14(12)21/h5-8H,2-4H2,1H3,(H,19,22). The predicted molar refractivity (Wildman–Crippen MR) is 81.7 cm³/mol. The van der Waals surface area contributed by atoms with Gasteiger partial charge in [0.1, 0.15) is 5.69 Å². The number of carbonyl (C=O) groups is 2. The van der Waals surface area contributed by atoms with Gasteiger partial charge in [-0.3, -0.25) is 9.59 Å². The average Bonchev–Trinajstić information content (AvgIpc) is 3.37. The minimum absolute atomic E-state index is 0.0147. The Hall–Kier alpha value is -2.77. The van der Waals surface area contributed by atoms with Gasteiger partial charge in [-0.05, 0) is 25.8 Å². The van der Waals surface area contributed by atoms with E-state index in [1.54, 1.807) is 11.5 Å². The molecule has 1 amide bonds. The van der Waals surface area contributed by atoms with Gasteiger partial charge in [-0.25, -0.2) is 13.6 Å². The molecule has 0 bridgehead atoms. The Morgan fingerprint density at radius 2 is 1.96 bits per heavy atom. The molecule has 1 aromatic carbocycles. The SMILES string of the molecule is CCOC(=O)C(=O)Nc1cn(C2CC2)c2cc(F)c(F)cc2c1=O. The van der Waals surface area contributed by atoms with Crippen molar-refractivity contribution in [2.24, 2.45) is 0 Å². The number of carbonyl (C=O) groups excluding carboxylic acids is 2. The molecule has 1 N–H and O–H groups in total. The van der Waals surface area contributed by atoms with Crippen LogP contribution in [0, 0.1) is 11.6 Å². The van der Waals surface area contributed by atoms with Crippen LogP contribution in [0.5, 0.6) is 0 Å². The Kier molecular flexibility index (Phi) is 4.04. The smallest absolute Gasteiger partial charge is 0.397 e. The molecule has 1 saturated carbocycles. The molecule has 0 aliphatic heterocycles. The van der Waals surface area contributed by atoms with E-state index in [9.17, 15) is 23.2 Å². The number of nitrogens with one attached hydrogen (secondary N) is 1. The highest BCUT2D eigenvalue weighted by Crippen LogP contribution is 2.37. The van der Waals surface area contributed by atoms with E-state index in [-0.39, 0.29) is 29.2 Å². The maximum absolute atomic E-state index is 13.5. The van der Waals surface area contributed by atoms with E-state index in [2.05, 4.69) is 10.1 Å². The lowest BCUT2D eigenvalue weighted by atomic mass is 10.1. The molecule has 6 nitrogen and oxygen atoms in total. The van der Waals surface area contributed by atoms with Gasteiger partial charge in [-0.2, -0.15) is 0 Å². The number of anilines is 1. The third kappa shape index (κ3) is 2.86. The first kappa shape index (κ1) is 16.1. The van der Waals surface area contributed by atoms with Gasteiger partial charge >= 0.3 is 11.9 Å². The number of halogens is 2. The first-order chi connectivity index (χ1) is 11.4. The third-order valence-corrected chi connectivity index (χ3v) is 3.72. The van der Waals surface area contributed by atoms with Crippen molar-refractivity contribution in [3.05, 3.63) is 40.2 Å². The number of benzene rings is 1. The van der Waals surface area contributed by atoms with Crippen LogP contribution >= 0.6 is 0 Å². The molecule has 0 spiro atoms. The summed E-state index contributed by atoms with van der Waals surface area (Å²) in [6.07, 6.45) is 2.99. The number of hydrogen-bond donors (Lipinski definition) is 1. The summed E-state index contributed by atoms with van der Waals surface area (Å²) in [5, 5.41) is 2.11. The second-order valence-corrected chi connectivity index (χ2v) is 5.47. The van der Waals surface area contributed by atoms with Crippen LogP contribution in [0.25, 0.3) is 10.9 Å². The largest absolute Gasteiger partial charge is 0.459 e. The second-order valence-electron chi connectivity index (χ2n) is 5.47. The van der Waals surface area contributed by atoms with Gasteiger partial charge in [0.2, 0.25) is 5.43 Å². The lowest BCUT2D eigenvalue weighted by Gasteiger charge is -2.13. The summed E-state index contributed by atoms with van der Waals surface area (Å²) in [6, 6.07) is 1.80. The highest BCUT2D eigenvalue weighted by atomic mass is 19.2. The van der Waals surface area contributed by atoms with Gasteiger partial charge < -0.3 is 14.6 Å². The summed E-state index contributed by atoms with van der Waals surface area (Å²) in [4.78, 5) is 35.6. The first-order valence-electron chi connectivity index (χ1n) is 7.44. The van der Waals surface area contributed by atoms with E-state index in [4.69, 9.17) is 0 Å². The number of amides is 1. The number of hydrogen-bond acceptors (Lipinski definition) is 4. The van der Waals surface area contributed by atoms with Crippen molar-refractivity contribution in [3.63, 3.8) is 0 Å². The summed E-state index contributed by atoms with van der Waals surface area (Å²) >= 11 is 0. The van der Waals surface area contributed by atoms with Gasteiger partial charge in [0.05, 0.1) is 17.5 Å². The maximum Gasteiger partial charge on any atom is 0.397 e. The first-order valence-corrected chi connectivity index (χ1v) is 7.44.